The highest BCUT2D eigenvalue weighted by molar-refractivity contribution is 5.83. The molecular weight excluding hydrogens is 507 g/mol. The molecule has 1 aromatic heterocycles. The molecule has 4 aromatic rings. The van der Waals surface area contributed by atoms with Crippen molar-refractivity contribution in [1.82, 2.24) is 20.6 Å². The quantitative estimate of drug-likeness (QED) is 0.125. The molecule has 0 bridgehead atoms. The monoisotopic (exact) mass is 546 g/mol. The van der Waals surface area contributed by atoms with E-state index in [1.165, 1.54) is 6.07 Å². The van der Waals surface area contributed by atoms with Crippen molar-refractivity contribution in [3.63, 3.8) is 0 Å². The van der Waals surface area contributed by atoms with Crippen LogP contribution < -0.4 is 32.0 Å². The molecule has 40 heavy (non-hydrogen) atoms. The van der Waals surface area contributed by atoms with Crippen LogP contribution in [0.4, 0.5) is 10.1 Å². The van der Waals surface area contributed by atoms with Crippen LogP contribution in [0.15, 0.2) is 71.5 Å². The Hall–Kier alpha value is -3.79. The van der Waals surface area contributed by atoms with Crippen LogP contribution in [0, 0.1) is 5.82 Å². The summed E-state index contributed by atoms with van der Waals surface area (Å²) in [5.74, 6) is 0.699. The minimum Gasteiger partial charge on any atom is -0.489 e. The number of aromatic amines is 1. The van der Waals surface area contributed by atoms with Gasteiger partial charge in [0.05, 0.1) is 16.6 Å². The zero-order chi connectivity index (χ0) is 28.0. The lowest BCUT2D eigenvalue weighted by Crippen LogP contribution is -2.22. The molecule has 0 aliphatic carbocycles. The second-order valence-corrected chi connectivity index (χ2v) is 9.65. The van der Waals surface area contributed by atoms with Gasteiger partial charge in [0, 0.05) is 17.7 Å². The Morgan fingerprint density at radius 3 is 2.33 bits per heavy atom. The summed E-state index contributed by atoms with van der Waals surface area (Å²) in [7, 11) is 0. The lowest BCUT2D eigenvalue weighted by Gasteiger charge is -2.12. The van der Waals surface area contributed by atoms with Gasteiger partial charge in [-0.3, -0.25) is 4.79 Å². The summed E-state index contributed by atoms with van der Waals surface area (Å²) in [6.45, 7) is 5.42. The van der Waals surface area contributed by atoms with E-state index in [1.807, 2.05) is 54.6 Å². The highest BCUT2D eigenvalue weighted by atomic mass is 19.1. The summed E-state index contributed by atoms with van der Waals surface area (Å²) in [6.07, 6.45) is 4.08. The standard InChI is InChI=1S/C31H39FN6O2/c32-27-20-26-28(21-29(27)36-19-9-18-35-16-7-6-15-34-17-8-14-33)37-30(38-31(26)39)25-13-5-4-10-23(25)22-40-24-11-2-1-3-12-24/h1-5,10-13,20-21,34-36H,6-9,14-19,22,33H2,(H,37,38,39). The third-order valence-electron chi connectivity index (χ3n) is 6.56. The molecule has 0 atom stereocenters. The van der Waals surface area contributed by atoms with Crippen LogP contribution in [0.25, 0.3) is 22.3 Å². The number of anilines is 1. The van der Waals surface area contributed by atoms with Crippen LogP contribution in [0.1, 0.15) is 31.2 Å². The van der Waals surface area contributed by atoms with Crippen molar-refractivity contribution in [2.45, 2.75) is 32.3 Å². The van der Waals surface area contributed by atoms with Gasteiger partial charge in [0.25, 0.3) is 5.56 Å². The molecule has 0 spiro atoms. The molecule has 212 valence electrons. The first-order valence-electron chi connectivity index (χ1n) is 14.0. The van der Waals surface area contributed by atoms with Gasteiger partial charge in [-0.1, -0.05) is 42.5 Å². The Labute approximate surface area is 234 Å². The maximum absolute atomic E-state index is 14.8. The fourth-order valence-corrected chi connectivity index (χ4v) is 4.39. The zero-order valence-corrected chi connectivity index (χ0v) is 22.8. The van der Waals surface area contributed by atoms with Gasteiger partial charge >= 0.3 is 0 Å². The van der Waals surface area contributed by atoms with Crippen molar-refractivity contribution in [2.24, 2.45) is 5.73 Å². The molecule has 0 saturated heterocycles. The lowest BCUT2D eigenvalue weighted by molar-refractivity contribution is 0.306. The summed E-state index contributed by atoms with van der Waals surface area (Å²) >= 11 is 0. The Balaban J connectivity index is 1.34. The molecule has 0 saturated carbocycles. The molecule has 6 N–H and O–H groups in total. The molecule has 8 nitrogen and oxygen atoms in total. The number of para-hydroxylation sites is 1. The lowest BCUT2D eigenvalue weighted by atomic mass is 10.1. The predicted molar refractivity (Wildman–Crippen MR) is 160 cm³/mol. The van der Waals surface area contributed by atoms with E-state index in [2.05, 4.69) is 20.9 Å². The van der Waals surface area contributed by atoms with Crippen LogP contribution in [0.3, 0.4) is 0 Å². The number of nitrogens with two attached hydrogens (primary N) is 1. The van der Waals surface area contributed by atoms with Crippen molar-refractivity contribution in [3.05, 3.63) is 88.5 Å². The fraction of sp³-hybridized carbons (Fsp3) is 0.355. The number of benzene rings is 3. The summed E-state index contributed by atoms with van der Waals surface area (Å²) in [5, 5.41) is 10.2. The number of ether oxygens (including phenoxy) is 1. The number of hydrogen-bond acceptors (Lipinski definition) is 7. The highest BCUT2D eigenvalue weighted by Gasteiger charge is 2.13. The van der Waals surface area contributed by atoms with Crippen LogP contribution in [0.2, 0.25) is 0 Å². The number of halogens is 1. The number of aromatic nitrogens is 2. The van der Waals surface area contributed by atoms with E-state index in [9.17, 15) is 9.18 Å². The van der Waals surface area contributed by atoms with Gasteiger partial charge < -0.3 is 31.4 Å². The molecule has 0 fully saturated rings. The zero-order valence-electron chi connectivity index (χ0n) is 22.8. The number of rotatable bonds is 17. The van der Waals surface area contributed by atoms with Gasteiger partial charge in [-0.25, -0.2) is 9.37 Å². The van der Waals surface area contributed by atoms with E-state index in [0.29, 0.717) is 30.2 Å². The molecule has 0 radical (unpaired) electrons. The van der Waals surface area contributed by atoms with E-state index < -0.39 is 5.82 Å². The molecule has 0 aliphatic heterocycles. The van der Waals surface area contributed by atoms with Crippen molar-refractivity contribution in [2.75, 3.05) is 44.6 Å². The normalized spacial score (nSPS) is 11.2. The molecule has 0 unspecified atom stereocenters. The smallest absolute Gasteiger partial charge is 0.259 e. The minimum atomic E-state index is -0.473. The number of nitrogens with zero attached hydrogens (tertiary/aromatic N) is 1. The van der Waals surface area contributed by atoms with E-state index >= 15 is 0 Å². The van der Waals surface area contributed by atoms with Gasteiger partial charge in [-0.2, -0.15) is 0 Å². The van der Waals surface area contributed by atoms with Gasteiger partial charge in [-0.05, 0) is 82.7 Å². The molecular formula is C31H39FN6O2. The number of H-pyrrole nitrogens is 1. The summed E-state index contributed by atoms with van der Waals surface area (Å²) in [6, 6.07) is 20.0. The molecule has 1 heterocycles. The van der Waals surface area contributed by atoms with Crippen LogP contribution in [-0.4, -0.2) is 49.2 Å². The number of hydrogen-bond donors (Lipinski definition) is 5. The molecule has 0 aliphatic rings. The molecule has 9 heteroatoms. The first-order chi connectivity index (χ1) is 19.7. The maximum Gasteiger partial charge on any atom is 0.259 e. The van der Waals surface area contributed by atoms with Gasteiger partial charge in [0.15, 0.2) is 0 Å². The SMILES string of the molecule is NCCCNCCCCNCCCNc1cc2nc(-c3ccccc3COc3ccccc3)[nH]c(=O)c2cc1F. The van der Waals surface area contributed by atoms with Crippen LogP contribution >= 0.6 is 0 Å². The Bertz CT molecular complexity index is 1400. The number of nitrogens with one attached hydrogen (secondary N) is 4. The average molecular weight is 547 g/mol. The van der Waals surface area contributed by atoms with E-state index in [1.54, 1.807) is 6.07 Å². The predicted octanol–water partition coefficient (Wildman–Crippen LogP) is 4.42. The third kappa shape index (κ3) is 8.61. The molecule has 4 rings (SSSR count). The van der Waals surface area contributed by atoms with Gasteiger partial charge in [-0.15, -0.1) is 0 Å². The van der Waals surface area contributed by atoms with Crippen molar-refractivity contribution >= 4 is 16.6 Å². The van der Waals surface area contributed by atoms with Crippen molar-refractivity contribution in [1.29, 1.82) is 0 Å². The Morgan fingerprint density at radius 2 is 1.55 bits per heavy atom. The van der Waals surface area contributed by atoms with Crippen LogP contribution in [-0.2, 0) is 6.61 Å². The summed E-state index contributed by atoms with van der Waals surface area (Å²) in [4.78, 5) is 20.4. The summed E-state index contributed by atoms with van der Waals surface area (Å²) < 4.78 is 20.7. The Kier molecular flexibility index (Phi) is 11.5. The van der Waals surface area contributed by atoms with Gasteiger partial charge in [0.2, 0.25) is 0 Å². The average Bonchev–Trinajstić information content (AvgIpc) is 2.98. The molecule has 0 amide bonds. The first kappa shape index (κ1) is 29.2. The minimum absolute atomic E-state index is 0.212. The number of fused-ring (bicyclic) bond motifs is 1. The van der Waals surface area contributed by atoms with Crippen molar-refractivity contribution in [3.8, 4) is 17.1 Å². The fourth-order valence-electron chi connectivity index (χ4n) is 4.39. The van der Waals surface area contributed by atoms with Crippen molar-refractivity contribution < 1.29 is 9.13 Å². The first-order valence-corrected chi connectivity index (χ1v) is 14.0. The number of unbranched alkanes of at least 4 members (excludes halogenated alkanes) is 1. The molecule has 3 aromatic carbocycles. The van der Waals surface area contributed by atoms with Gasteiger partial charge in [0.1, 0.15) is 24.0 Å². The van der Waals surface area contributed by atoms with E-state index in [-0.39, 0.29) is 10.9 Å². The summed E-state index contributed by atoms with van der Waals surface area (Å²) in [5.41, 5.74) is 7.50. The van der Waals surface area contributed by atoms with E-state index in [0.717, 1.165) is 75.3 Å². The van der Waals surface area contributed by atoms with Crippen LogP contribution in [0.5, 0.6) is 5.75 Å². The Morgan fingerprint density at radius 1 is 0.850 bits per heavy atom. The second-order valence-electron chi connectivity index (χ2n) is 9.65. The largest absolute Gasteiger partial charge is 0.489 e. The highest BCUT2D eigenvalue weighted by Crippen LogP contribution is 2.25. The maximum atomic E-state index is 14.8. The second kappa shape index (κ2) is 15.7. The van der Waals surface area contributed by atoms with E-state index in [4.69, 9.17) is 15.5 Å². The third-order valence-corrected chi connectivity index (χ3v) is 6.56. The topological polar surface area (TPSA) is 117 Å².